The van der Waals surface area contributed by atoms with E-state index in [-0.39, 0.29) is 5.91 Å². The Morgan fingerprint density at radius 2 is 2.00 bits per heavy atom. The lowest BCUT2D eigenvalue weighted by Crippen LogP contribution is -2.27. The van der Waals surface area contributed by atoms with Crippen LogP contribution < -0.4 is 5.32 Å². The number of carbonyl (C=O) groups excluding carboxylic acids is 1. The van der Waals surface area contributed by atoms with Crippen molar-refractivity contribution < 1.29 is 4.79 Å². The van der Waals surface area contributed by atoms with Gasteiger partial charge in [0.1, 0.15) is 0 Å². The van der Waals surface area contributed by atoms with E-state index in [0.717, 1.165) is 34.2 Å². The SMILES string of the molecule is Cc1cc(CC(=O)NCCSSCCN(C)C)ccc1Cl. The molecule has 1 amide bonds. The summed E-state index contributed by atoms with van der Waals surface area (Å²) in [6.45, 7) is 3.75. The Balaban J connectivity index is 2.12. The van der Waals surface area contributed by atoms with Crippen molar-refractivity contribution in [1.82, 2.24) is 10.2 Å². The lowest BCUT2D eigenvalue weighted by atomic mass is 10.1. The maximum absolute atomic E-state index is 11.8. The lowest BCUT2D eigenvalue weighted by Gasteiger charge is -2.08. The molecule has 1 aromatic carbocycles. The molecule has 0 unspecified atom stereocenters. The number of hydrogen-bond donors (Lipinski definition) is 1. The molecule has 0 aliphatic rings. The van der Waals surface area contributed by atoms with Crippen LogP contribution in [0.2, 0.25) is 5.02 Å². The predicted molar refractivity (Wildman–Crippen MR) is 96.4 cm³/mol. The molecule has 1 N–H and O–H groups in total. The van der Waals surface area contributed by atoms with E-state index in [1.807, 2.05) is 35.9 Å². The third-order valence-corrected chi connectivity index (χ3v) is 5.61. The molecule has 0 saturated carbocycles. The zero-order valence-corrected chi connectivity index (χ0v) is 15.2. The van der Waals surface area contributed by atoms with Crippen LogP contribution in [0.1, 0.15) is 11.1 Å². The highest BCUT2D eigenvalue weighted by atomic mass is 35.5. The highest BCUT2D eigenvalue weighted by Gasteiger charge is 2.04. The molecular formula is C15H23ClN2OS2. The van der Waals surface area contributed by atoms with Gasteiger partial charge in [0.05, 0.1) is 6.42 Å². The molecule has 0 bridgehead atoms. The Hall–Kier alpha value is -0.360. The van der Waals surface area contributed by atoms with E-state index >= 15 is 0 Å². The maximum Gasteiger partial charge on any atom is 0.224 e. The van der Waals surface area contributed by atoms with Crippen LogP contribution in [0, 0.1) is 6.92 Å². The Kier molecular flexibility index (Phi) is 9.24. The van der Waals surface area contributed by atoms with E-state index in [1.54, 1.807) is 10.8 Å². The van der Waals surface area contributed by atoms with Crippen molar-refractivity contribution in [2.75, 3.05) is 38.7 Å². The van der Waals surface area contributed by atoms with Crippen LogP contribution in [0.15, 0.2) is 18.2 Å². The fourth-order valence-corrected chi connectivity index (χ4v) is 3.79. The molecule has 0 atom stereocenters. The highest BCUT2D eigenvalue weighted by Crippen LogP contribution is 2.20. The molecular weight excluding hydrogens is 324 g/mol. The number of hydrogen-bond acceptors (Lipinski definition) is 4. The molecule has 0 aliphatic heterocycles. The summed E-state index contributed by atoms with van der Waals surface area (Å²) in [6, 6.07) is 5.71. The summed E-state index contributed by atoms with van der Waals surface area (Å²) in [5.41, 5.74) is 2.01. The van der Waals surface area contributed by atoms with Gasteiger partial charge in [-0.25, -0.2) is 0 Å². The van der Waals surface area contributed by atoms with Gasteiger partial charge < -0.3 is 10.2 Å². The van der Waals surface area contributed by atoms with Gasteiger partial charge in [-0.2, -0.15) is 0 Å². The van der Waals surface area contributed by atoms with Crippen molar-refractivity contribution in [1.29, 1.82) is 0 Å². The van der Waals surface area contributed by atoms with E-state index in [9.17, 15) is 4.79 Å². The second kappa shape index (κ2) is 10.4. The van der Waals surface area contributed by atoms with E-state index in [4.69, 9.17) is 11.6 Å². The Labute approximate surface area is 140 Å². The predicted octanol–water partition coefficient (Wildman–Crippen LogP) is 3.25. The van der Waals surface area contributed by atoms with Gasteiger partial charge in [-0.15, -0.1) is 0 Å². The molecule has 0 spiro atoms. The summed E-state index contributed by atoms with van der Waals surface area (Å²) < 4.78 is 0. The quantitative estimate of drug-likeness (QED) is 0.549. The molecule has 0 fully saturated rings. The molecule has 118 valence electrons. The van der Waals surface area contributed by atoms with E-state index in [1.165, 1.54) is 0 Å². The first kappa shape index (κ1) is 18.7. The van der Waals surface area contributed by atoms with Gasteiger partial charge in [-0.1, -0.05) is 45.3 Å². The number of carbonyl (C=O) groups is 1. The molecule has 1 rings (SSSR count). The van der Waals surface area contributed by atoms with Crippen LogP contribution in [-0.2, 0) is 11.2 Å². The Bertz CT molecular complexity index is 455. The van der Waals surface area contributed by atoms with Crippen molar-refractivity contribution in [3.05, 3.63) is 34.3 Å². The molecule has 3 nitrogen and oxygen atoms in total. The van der Waals surface area contributed by atoms with Crippen LogP contribution >= 0.6 is 33.2 Å². The fraction of sp³-hybridized carbons (Fsp3) is 0.533. The van der Waals surface area contributed by atoms with E-state index in [2.05, 4.69) is 24.3 Å². The maximum atomic E-state index is 11.8. The van der Waals surface area contributed by atoms with Crippen molar-refractivity contribution in [2.24, 2.45) is 0 Å². The van der Waals surface area contributed by atoms with Gasteiger partial charge in [-0.05, 0) is 38.2 Å². The Morgan fingerprint density at radius 1 is 1.29 bits per heavy atom. The Morgan fingerprint density at radius 3 is 2.67 bits per heavy atom. The van der Waals surface area contributed by atoms with Gasteiger partial charge in [0.15, 0.2) is 0 Å². The van der Waals surface area contributed by atoms with E-state index < -0.39 is 0 Å². The molecule has 0 saturated heterocycles. The second-order valence-corrected chi connectivity index (χ2v) is 8.17. The van der Waals surface area contributed by atoms with Crippen LogP contribution in [0.3, 0.4) is 0 Å². The number of halogens is 1. The summed E-state index contributed by atoms with van der Waals surface area (Å²) in [6.07, 6.45) is 0.413. The third kappa shape index (κ3) is 8.61. The van der Waals surface area contributed by atoms with Crippen molar-refractivity contribution in [3.63, 3.8) is 0 Å². The minimum Gasteiger partial charge on any atom is -0.355 e. The molecule has 6 heteroatoms. The van der Waals surface area contributed by atoms with Gasteiger partial charge in [0.25, 0.3) is 0 Å². The minimum atomic E-state index is 0.0654. The van der Waals surface area contributed by atoms with Crippen molar-refractivity contribution >= 4 is 39.1 Å². The zero-order valence-electron chi connectivity index (χ0n) is 12.8. The third-order valence-electron chi connectivity index (χ3n) is 2.80. The first-order valence-corrected chi connectivity index (χ1v) is 9.76. The average Bonchev–Trinajstić information content (AvgIpc) is 2.41. The fourth-order valence-electron chi connectivity index (χ4n) is 1.63. The van der Waals surface area contributed by atoms with Gasteiger partial charge in [0, 0.05) is 29.6 Å². The van der Waals surface area contributed by atoms with Gasteiger partial charge >= 0.3 is 0 Å². The van der Waals surface area contributed by atoms with Gasteiger partial charge in [-0.3, -0.25) is 4.79 Å². The molecule has 0 heterocycles. The number of nitrogens with zero attached hydrogens (tertiary/aromatic N) is 1. The van der Waals surface area contributed by atoms with Crippen LogP contribution in [0.25, 0.3) is 0 Å². The zero-order chi connectivity index (χ0) is 15.7. The van der Waals surface area contributed by atoms with Crippen LogP contribution in [0.4, 0.5) is 0 Å². The molecule has 0 radical (unpaired) electrons. The summed E-state index contributed by atoms with van der Waals surface area (Å²) in [5, 5.41) is 3.69. The van der Waals surface area contributed by atoms with Gasteiger partial charge in [0.2, 0.25) is 5.91 Å². The number of amides is 1. The molecule has 1 aromatic rings. The van der Waals surface area contributed by atoms with Crippen LogP contribution in [-0.4, -0.2) is 49.5 Å². The topological polar surface area (TPSA) is 32.3 Å². The largest absolute Gasteiger partial charge is 0.355 e. The molecule has 0 aliphatic carbocycles. The van der Waals surface area contributed by atoms with Crippen LogP contribution in [0.5, 0.6) is 0 Å². The number of nitrogens with one attached hydrogen (secondary N) is 1. The molecule has 21 heavy (non-hydrogen) atoms. The summed E-state index contributed by atoms with van der Waals surface area (Å²) in [4.78, 5) is 14.0. The minimum absolute atomic E-state index is 0.0654. The smallest absolute Gasteiger partial charge is 0.224 e. The van der Waals surface area contributed by atoms with E-state index in [0.29, 0.717) is 13.0 Å². The normalized spacial score (nSPS) is 10.9. The highest BCUT2D eigenvalue weighted by molar-refractivity contribution is 8.76. The summed E-state index contributed by atoms with van der Waals surface area (Å²) in [7, 11) is 7.80. The second-order valence-electron chi connectivity index (χ2n) is 5.06. The lowest BCUT2D eigenvalue weighted by molar-refractivity contribution is -0.120. The monoisotopic (exact) mass is 346 g/mol. The van der Waals surface area contributed by atoms with Crippen molar-refractivity contribution in [3.8, 4) is 0 Å². The summed E-state index contributed by atoms with van der Waals surface area (Å²) in [5.74, 6) is 2.11. The number of aryl methyl sites for hydroxylation is 1. The average molecular weight is 347 g/mol. The number of benzene rings is 1. The first-order chi connectivity index (χ1) is 9.99. The first-order valence-electron chi connectivity index (χ1n) is 6.90. The van der Waals surface area contributed by atoms with Crippen molar-refractivity contribution in [2.45, 2.75) is 13.3 Å². The molecule has 0 aromatic heterocycles. The standard InChI is InChI=1S/C15H23ClN2OS2/c1-12-10-13(4-5-14(12)16)11-15(19)17-6-8-20-21-9-7-18(2)3/h4-5,10H,6-9,11H2,1-3H3,(H,17,19). The number of rotatable bonds is 9. The summed E-state index contributed by atoms with van der Waals surface area (Å²) >= 11 is 5.97.